The van der Waals surface area contributed by atoms with E-state index in [1.165, 1.54) is 6.20 Å². The number of amides is 1. The Balaban J connectivity index is 1.82. The monoisotopic (exact) mass is 288 g/mol. The molecule has 0 atom stereocenters. The summed E-state index contributed by atoms with van der Waals surface area (Å²) in [6, 6.07) is 7.29. The third-order valence-corrected chi connectivity index (χ3v) is 3.49. The molecule has 5 heteroatoms. The number of carbonyl (C=O) groups excluding carboxylic acids is 1. The molecule has 0 radical (unpaired) electrons. The lowest BCUT2D eigenvalue weighted by atomic mass is 10.1. The summed E-state index contributed by atoms with van der Waals surface area (Å²) >= 11 is 6.06. The van der Waals surface area contributed by atoms with Crippen molar-refractivity contribution >= 4 is 23.2 Å². The predicted octanol–water partition coefficient (Wildman–Crippen LogP) is 3.23. The number of ether oxygens (including phenoxy) is 1. The summed E-state index contributed by atoms with van der Waals surface area (Å²) in [4.78, 5) is 16.3. The molecule has 20 heavy (non-hydrogen) atoms. The van der Waals surface area contributed by atoms with Crippen molar-refractivity contribution in [2.75, 3.05) is 11.9 Å². The molecule has 1 amide bonds. The van der Waals surface area contributed by atoms with Gasteiger partial charge in [0.05, 0.1) is 17.2 Å². The van der Waals surface area contributed by atoms with E-state index in [-0.39, 0.29) is 5.91 Å². The Morgan fingerprint density at radius 2 is 2.25 bits per heavy atom. The van der Waals surface area contributed by atoms with Crippen LogP contribution in [0.25, 0.3) is 0 Å². The minimum atomic E-state index is -0.263. The summed E-state index contributed by atoms with van der Waals surface area (Å²) in [5, 5.41) is 3.23. The number of benzene rings is 1. The summed E-state index contributed by atoms with van der Waals surface area (Å²) < 4.78 is 5.43. The maximum atomic E-state index is 12.2. The topological polar surface area (TPSA) is 51.2 Å². The Bertz CT molecular complexity index is 686. The number of hydrogen-bond donors (Lipinski definition) is 1. The second-order valence-electron chi connectivity index (χ2n) is 4.68. The third kappa shape index (κ3) is 2.47. The highest BCUT2D eigenvalue weighted by Crippen LogP contribution is 2.28. The number of fused-ring (bicyclic) bond motifs is 1. The van der Waals surface area contributed by atoms with Crippen molar-refractivity contribution in [2.45, 2.75) is 13.3 Å². The van der Waals surface area contributed by atoms with E-state index in [0.29, 0.717) is 17.2 Å². The fourth-order valence-electron chi connectivity index (χ4n) is 2.16. The van der Waals surface area contributed by atoms with Crippen LogP contribution in [-0.2, 0) is 6.42 Å². The van der Waals surface area contributed by atoms with Gasteiger partial charge < -0.3 is 10.1 Å². The van der Waals surface area contributed by atoms with E-state index < -0.39 is 0 Å². The van der Waals surface area contributed by atoms with Gasteiger partial charge in [0.25, 0.3) is 5.91 Å². The number of aryl methyl sites for hydroxylation is 1. The lowest BCUT2D eigenvalue weighted by Crippen LogP contribution is -2.13. The number of rotatable bonds is 2. The Hall–Kier alpha value is -2.07. The van der Waals surface area contributed by atoms with E-state index in [4.69, 9.17) is 16.3 Å². The average molecular weight is 289 g/mol. The molecule has 0 fully saturated rings. The number of pyridine rings is 1. The lowest BCUT2D eigenvalue weighted by molar-refractivity contribution is 0.102. The molecule has 1 aromatic carbocycles. The number of nitrogens with one attached hydrogen (secondary N) is 1. The molecule has 4 nitrogen and oxygen atoms in total. The van der Waals surface area contributed by atoms with Crippen LogP contribution in [0.4, 0.5) is 5.69 Å². The summed E-state index contributed by atoms with van der Waals surface area (Å²) in [7, 11) is 0. The fourth-order valence-corrected chi connectivity index (χ4v) is 2.45. The minimum Gasteiger partial charge on any atom is -0.493 e. The SMILES string of the molecule is Cc1cc(Cl)c(C(=O)Nc2ccc3c(c2)CCO3)cn1. The largest absolute Gasteiger partial charge is 0.493 e. The van der Waals surface area contributed by atoms with Gasteiger partial charge in [0.2, 0.25) is 0 Å². The maximum Gasteiger partial charge on any atom is 0.258 e. The molecule has 1 aliphatic rings. The van der Waals surface area contributed by atoms with E-state index in [9.17, 15) is 4.79 Å². The second kappa shape index (κ2) is 5.13. The number of anilines is 1. The van der Waals surface area contributed by atoms with E-state index >= 15 is 0 Å². The standard InChI is InChI=1S/C15H13ClN2O2/c1-9-6-13(16)12(8-17-9)15(19)18-11-2-3-14-10(7-11)4-5-20-14/h2-3,6-8H,4-5H2,1H3,(H,18,19). The number of nitrogens with zero attached hydrogens (tertiary/aromatic N) is 1. The zero-order valence-electron chi connectivity index (χ0n) is 10.9. The molecule has 0 saturated carbocycles. The quantitative estimate of drug-likeness (QED) is 0.923. The Morgan fingerprint density at radius 1 is 1.40 bits per heavy atom. The zero-order chi connectivity index (χ0) is 14.1. The molecule has 2 aromatic rings. The van der Waals surface area contributed by atoms with Crippen molar-refractivity contribution in [3.05, 3.63) is 52.3 Å². The highest BCUT2D eigenvalue weighted by atomic mass is 35.5. The van der Waals surface area contributed by atoms with E-state index in [1.54, 1.807) is 6.07 Å². The van der Waals surface area contributed by atoms with Crippen LogP contribution in [0.1, 0.15) is 21.6 Å². The number of aromatic nitrogens is 1. The molecule has 3 rings (SSSR count). The summed E-state index contributed by atoms with van der Waals surface area (Å²) in [5.41, 5.74) is 2.99. The van der Waals surface area contributed by atoms with Crippen LogP contribution in [0.2, 0.25) is 5.02 Å². The van der Waals surface area contributed by atoms with Gasteiger partial charge in [-0.15, -0.1) is 0 Å². The van der Waals surface area contributed by atoms with Crippen molar-refractivity contribution in [1.82, 2.24) is 4.98 Å². The molecular weight excluding hydrogens is 276 g/mol. The van der Waals surface area contributed by atoms with Crippen molar-refractivity contribution in [3.63, 3.8) is 0 Å². The van der Waals surface area contributed by atoms with E-state index in [1.807, 2.05) is 25.1 Å². The van der Waals surface area contributed by atoms with Crippen LogP contribution in [0.3, 0.4) is 0 Å². The smallest absolute Gasteiger partial charge is 0.258 e. The van der Waals surface area contributed by atoms with E-state index in [0.717, 1.165) is 29.1 Å². The van der Waals surface area contributed by atoms with Crippen LogP contribution in [-0.4, -0.2) is 17.5 Å². The lowest BCUT2D eigenvalue weighted by Gasteiger charge is -2.08. The Kier molecular flexibility index (Phi) is 3.32. The van der Waals surface area contributed by atoms with Crippen LogP contribution < -0.4 is 10.1 Å². The highest BCUT2D eigenvalue weighted by Gasteiger charge is 2.15. The first-order valence-corrected chi connectivity index (χ1v) is 6.70. The third-order valence-electron chi connectivity index (χ3n) is 3.18. The van der Waals surface area contributed by atoms with Crippen molar-refractivity contribution in [3.8, 4) is 5.75 Å². The van der Waals surface area contributed by atoms with Crippen LogP contribution >= 0.6 is 11.6 Å². The molecule has 1 aliphatic heterocycles. The summed E-state index contributed by atoms with van der Waals surface area (Å²) in [5.74, 6) is 0.624. The molecule has 1 aromatic heterocycles. The Morgan fingerprint density at radius 3 is 3.05 bits per heavy atom. The number of carbonyl (C=O) groups is 1. The van der Waals surface area contributed by atoms with Gasteiger partial charge in [0.15, 0.2) is 0 Å². The van der Waals surface area contributed by atoms with Gasteiger partial charge in [-0.1, -0.05) is 11.6 Å². The molecule has 0 saturated heterocycles. The summed E-state index contributed by atoms with van der Waals surface area (Å²) in [6.45, 7) is 2.52. The second-order valence-corrected chi connectivity index (χ2v) is 5.09. The first kappa shape index (κ1) is 12.9. The van der Waals surface area contributed by atoms with Crippen molar-refractivity contribution in [1.29, 1.82) is 0 Å². The first-order valence-electron chi connectivity index (χ1n) is 6.33. The van der Waals surface area contributed by atoms with Gasteiger partial charge in [-0.05, 0) is 36.8 Å². The predicted molar refractivity (Wildman–Crippen MR) is 77.6 cm³/mol. The normalized spacial score (nSPS) is 12.7. The van der Waals surface area contributed by atoms with Gasteiger partial charge in [-0.25, -0.2) is 0 Å². The molecule has 0 unspecified atom stereocenters. The summed E-state index contributed by atoms with van der Waals surface area (Å²) in [6.07, 6.45) is 2.36. The van der Waals surface area contributed by atoms with Crippen molar-refractivity contribution in [2.24, 2.45) is 0 Å². The zero-order valence-corrected chi connectivity index (χ0v) is 11.7. The Labute approximate surface area is 121 Å². The maximum absolute atomic E-state index is 12.2. The highest BCUT2D eigenvalue weighted by molar-refractivity contribution is 6.34. The molecule has 0 aliphatic carbocycles. The molecule has 2 heterocycles. The van der Waals surface area contributed by atoms with Crippen LogP contribution in [0.5, 0.6) is 5.75 Å². The minimum absolute atomic E-state index is 0.263. The molecule has 0 spiro atoms. The average Bonchev–Trinajstić information content (AvgIpc) is 2.85. The molecule has 1 N–H and O–H groups in total. The molecule has 0 bridgehead atoms. The van der Waals surface area contributed by atoms with Gasteiger partial charge in [0, 0.05) is 24.0 Å². The van der Waals surface area contributed by atoms with Gasteiger partial charge in [-0.2, -0.15) is 0 Å². The van der Waals surface area contributed by atoms with Gasteiger partial charge in [0.1, 0.15) is 5.75 Å². The van der Waals surface area contributed by atoms with Crippen LogP contribution in [0, 0.1) is 6.92 Å². The number of hydrogen-bond acceptors (Lipinski definition) is 3. The van der Waals surface area contributed by atoms with Crippen LogP contribution in [0.15, 0.2) is 30.5 Å². The van der Waals surface area contributed by atoms with Gasteiger partial charge in [-0.3, -0.25) is 9.78 Å². The molecular formula is C15H13ClN2O2. The number of halogens is 1. The van der Waals surface area contributed by atoms with Crippen molar-refractivity contribution < 1.29 is 9.53 Å². The van der Waals surface area contributed by atoms with Gasteiger partial charge >= 0.3 is 0 Å². The fraction of sp³-hybridized carbons (Fsp3) is 0.200. The molecule has 102 valence electrons. The van der Waals surface area contributed by atoms with E-state index in [2.05, 4.69) is 10.3 Å². The first-order chi connectivity index (χ1) is 9.63.